The number of fused-ring (bicyclic) bond motifs is 3. The first-order valence-electron chi connectivity index (χ1n) is 12.5. The van der Waals surface area contributed by atoms with Gasteiger partial charge in [0.25, 0.3) is 5.91 Å². The van der Waals surface area contributed by atoms with E-state index in [0.717, 1.165) is 63.2 Å². The predicted octanol–water partition coefficient (Wildman–Crippen LogP) is 5.54. The number of carbonyl (C=O) groups is 2. The van der Waals surface area contributed by atoms with Gasteiger partial charge in [-0.3, -0.25) is 9.59 Å². The SMILES string of the molecule is CCCNC(=O)C1[C@@H]2CCC[C@H]1CN(C(=O)c1cc3sc(Br)cc3n1Cc1ccc(OC)cc1)C2. The molecule has 0 radical (unpaired) electrons. The predicted molar refractivity (Wildman–Crippen MR) is 143 cm³/mol. The fourth-order valence-corrected chi connectivity index (χ4v) is 7.40. The smallest absolute Gasteiger partial charge is 0.270 e. The Labute approximate surface area is 218 Å². The first kappa shape index (κ1) is 24.4. The van der Waals surface area contributed by atoms with Crippen LogP contribution in [0.5, 0.6) is 5.75 Å². The number of halogens is 1. The zero-order chi connectivity index (χ0) is 24.5. The Bertz CT molecular complexity index is 1200. The van der Waals surface area contributed by atoms with Gasteiger partial charge in [-0.05, 0) is 76.9 Å². The Hall–Kier alpha value is -2.32. The third kappa shape index (κ3) is 4.87. The number of carbonyl (C=O) groups excluding carboxylic acids is 2. The van der Waals surface area contributed by atoms with Crippen LogP contribution in [0.15, 0.2) is 40.2 Å². The highest BCUT2D eigenvalue weighted by atomic mass is 79.9. The van der Waals surface area contributed by atoms with E-state index in [4.69, 9.17) is 4.74 Å². The number of likely N-dealkylation sites (tertiary alicyclic amines) is 1. The normalized spacial score (nSPS) is 21.8. The summed E-state index contributed by atoms with van der Waals surface area (Å²) < 4.78 is 9.59. The van der Waals surface area contributed by atoms with Crippen molar-refractivity contribution in [1.82, 2.24) is 14.8 Å². The molecule has 35 heavy (non-hydrogen) atoms. The first-order chi connectivity index (χ1) is 17.0. The van der Waals surface area contributed by atoms with Gasteiger partial charge in [0.15, 0.2) is 0 Å². The molecule has 0 spiro atoms. The Kier molecular flexibility index (Phi) is 7.21. The number of ether oxygens (including phenoxy) is 1. The highest BCUT2D eigenvalue weighted by Crippen LogP contribution is 2.41. The molecule has 2 bridgehead atoms. The molecule has 5 rings (SSSR count). The van der Waals surface area contributed by atoms with E-state index in [2.05, 4.69) is 38.8 Å². The lowest BCUT2D eigenvalue weighted by atomic mass is 9.68. The summed E-state index contributed by atoms with van der Waals surface area (Å²) in [7, 11) is 1.66. The van der Waals surface area contributed by atoms with E-state index in [1.54, 1.807) is 18.4 Å². The lowest BCUT2D eigenvalue weighted by Gasteiger charge is -2.46. The molecule has 3 heterocycles. The number of hydrogen-bond donors (Lipinski definition) is 1. The van der Waals surface area contributed by atoms with E-state index >= 15 is 0 Å². The van der Waals surface area contributed by atoms with Gasteiger partial charge in [-0.2, -0.15) is 0 Å². The first-order valence-corrected chi connectivity index (χ1v) is 14.1. The summed E-state index contributed by atoms with van der Waals surface area (Å²) in [5.41, 5.74) is 2.90. The van der Waals surface area contributed by atoms with Crippen LogP contribution in [0.25, 0.3) is 10.2 Å². The zero-order valence-corrected chi connectivity index (χ0v) is 22.7. The number of piperidine rings is 1. The molecule has 1 saturated carbocycles. The summed E-state index contributed by atoms with van der Waals surface area (Å²) in [5, 5.41) is 3.11. The van der Waals surface area contributed by atoms with Crippen molar-refractivity contribution in [1.29, 1.82) is 0 Å². The number of rotatable bonds is 7. The third-order valence-corrected chi connectivity index (χ3v) is 9.07. The molecule has 6 nitrogen and oxygen atoms in total. The van der Waals surface area contributed by atoms with Gasteiger partial charge in [0.2, 0.25) is 5.91 Å². The van der Waals surface area contributed by atoms with Gasteiger partial charge < -0.3 is 19.5 Å². The van der Waals surface area contributed by atoms with E-state index in [1.165, 1.54) is 0 Å². The largest absolute Gasteiger partial charge is 0.497 e. The van der Waals surface area contributed by atoms with Crippen molar-refractivity contribution in [3.05, 3.63) is 51.4 Å². The van der Waals surface area contributed by atoms with E-state index in [9.17, 15) is 9.59 Å². The molecule has 1 aromatic carbocycles. The summed E-state index contributed by atoms with van der Waals surface area (Å²) in [6, 6.07) is 12.1. The summed E-state index contributed by atoms with van der Waals surface area (Å²) in [5.74, 6) is 1.58. The van der Waals surface area contributed by atoms with Crippen molar-refractivity contribution in [2.75, 3.05) is 26.7 Å². The minimum absolute atomic E-state index is 0.0323. The summed E-state index contributed by atoms with van der Waals surface area (Å²) in [4.78, 5) is 28.8. The van der Waals surface area contributed by atoms with Crippen LogP contribution in [0, 0.1) is 17.8 Å². The highest BCUT2D eigenvalue weighted by Gasteiger charge is 2.44. The fraction of sp³-hybridized carbons (Fsp3) is 0.481. The van der Waals surface area contributed by atoms with Gasteiger partial charge in [0.05, 0.1) is 21.1 Å². The van der Waals surface area contributed by atoms with Gasteiger partial charge in [-0.1, -0.05) is 25.5 Å². The van der Waals surface area contributed by atoms with E-state index in [0.29, 0.717) is 19.6 Å². The molecule has 8 heteroatoms. The molecule has 2 aliphatic rings. The Balaban J connectivity index is 1.41. The standard InChI is InChI=1S/C27H32BrN3O3S/c1-3-11-29-26(32)25-18-5-4-6-19(25)16-30(15-18)27(33)22-12-23-21(13-24(28)35-23)31(22)14-17-7-9-20(34-2)10-8-17/h7-10,12-13,18-19,25H,3-6,11,14-16H2,1-2H3,(H,29,32)/t18-,19+,25?. The molecule has 1 N–H and O–H groups in total. The maximum absolute atomic E-state index is 13.9. The number of thiophene rings is 1. The Morgan fingerprint density at radius 3 is 2.51 bits per heavy atom. The van der Waals surface area contributed by atoms with Crippen molar-refractivity contribution >= 4 is 49.3 Å². The minimum atomic E-state index is 0.0323. The number of nitrogens with one attached hydrogen (secondary N) is 1. The van der Waals surface area contributed by atoms with E-state index in [-0.39, 0.29) is 29.6 Å². The van der Waals surface area contributed by atoms with Crippen LogP contribution < -0.4 is 10.1 Å². The molecule has 1 aliphatic carbocycles. The van der Waals surface area contributed by atoms with Crippen LogP contribution in [0.1, 0.15) is 48.7 Å². The molecule has 2 aromatic heterocycles. The molecule has 2 fully saturated rings. The topological polar surface area (TPSA) is 63.6 Å². The number of amides is 2. The number of methoxy groups -OCH3 is 1. The summed E-state index contributed by atoms with van der Waals surface area (Å²) in [6.45, 7) is 4.73. The average molecular weight is 559 g/mol. The van der Waals surface area contributed by atoms with Crippen LogP contribution in [-0.4, -0.2) is 48.0 Å². The second kappa shape index (κ2) is 10.3. The van der Waals surface area contributed by atoms with Crippen LogP contribution >= 0.6 is 27.3 Å². The van der Waals surface area contributed by atoms with Crippen molar-refractivity contribution in [2.24, 2.45) is 17.8 Å². The van der Waals surface area contributed by atoms with Crippen molar-refractivity contribution in [3.8, 4) is 5.75 Å². The third-order valence-electron chi connectivity index (χ3n) is 7.49. The summed E-state index contributed by atoms with van der Waals surface area (Å²) >= 11 is 5.26. The fourth-order valence-electron chi connectivity index (χ4n) is 5.83. The molecule has 3 aromatic rings. The molecule has 3 atom stereocenters. The maximum atomic E-state index is 13.9. The van der Waals surface area contributed by atoms with Gasteiger partial charge in [-0.25, -0.2) is 0 Å². The molecule has 1 unspecified atom stereocenters. The van der Waals surface area contributed by atoms with E-state index < -0.39 is 0 Å². The lowest BCUT2D eigenvalue weighted by molar-refractivity contribution is -0.132. The summed E-state index contributed by atoms with van der Waals surface area (Å²) in [6.07, 6.45) is 4.11. The molecule has 2 amide bonds. The second-order valence-electron chi connectivity index (χ2n) is 9.74. The zero-order valence-electron chi connectivity index (χ0n) is 20.3. The number of benzene rings is 1. The Morgan fingerprint density at radius 2 is 1.86 bits per heavy atom. The van der Waals surface area contributed by atoms with E-state index in [1.807, 2.05) is 35.2 Å². The molecular formula is C27H32BrN3O3S. The van der Waals surface area contributed by atoms with Crippen molar-refractivity contribution in [3.63, 3.8) is 0 Å². The van der Waals surface area contributed by atoms with Crippen LogP contribution in [0.2, 0.25) is 0 Å². The Morgan fingerprint density at radius 1 is 1.14 bits per heavy atom. The van der Waals surface area contributed by atoms with Gasteiger partial charge in [0.1, 0.15) is 11.4 Å². The molecule has 1 saturated heterocycles. The van der Waals surface area contributed by atoms with Gasteiger partial charge >= 0.3 is 0 Å². The average Bonchev–Trinajstić information content (AvgIpc) is 3.38. The van der Waals surface area contributed by atoms with Gasteiger partial charge in [-0.15, -0.1) is 11.3 Å². The van der Waals surface area contributed by atoms with Crippen LogP contribution in [-0.2, 0) is 11.3 Å². The number of nitrogens with zero attached hydrogens (tertiary/aromatic N) is 2. The van der Waals surface area contributed by atoms with Gasteiger partial charge in [0, 0.05) is 32.1 Å². The lowest BCUT2D eigenvalue weighted by Crippen LogP contribution is -2.55. The monoisotopic (exact) mass is 557 g/mol. The quantitative estimate of drug-likeness (QED) is 0.415. The maximum Gasteiger partial charge on any atom is 0.270 e. The van der Waals surface area contributed by atoms with Crippen molar-refractivity contribution in [2.45, 2.75) is 39.2 Å². The molecular weight excluding hydrogens is 526 g/mol. The molecule has 1 aliphatic heterocycles. The number of aromatic nitrogens is 1. The molecule has 186 valence electrons. The van der Waals surface area contributed by atoms with Crippen LogP contribution in [0.4, 0.5) is 0 Å². The van der Waals surface area contributed by atoms with Crippen molar-refractivity contribution < 1.29 is 14.3 Å². The van der Waals surface area contributed by atoms with Crippen LogP contribution in [0.3, 0.4) is 0 Å². The highest BCUT2D eigenvalue weighted by molar-refractivity contribution is 9.11. The second-order valence-corrected chi connectivity index (χ2v) is 12.2. The minimum Gasteiger partial charge on any atom is -0.497 e. The number of hydrogen-bond acceptors (Lipinski definition) is 4.